The van der Waals surface area contributed by atoms with E-state index in [1.165, 1.54) is 0 Å². The molecule has 80 valence electrons. The van der Waals surface area contributed by atoms with Gasteiger partial charge >= 0.3 is 11.8 Å². The van der Waals surface area contributed by atoms with Gasteiger partial charge in [0, 0.05) is 5.75 Å². The fourth-order valence-corrected chi connectivity index (χ4v) is 1.24. The molecule has 1 heterocycles. The average Bonchev–Trinajstić information content (AvgIpc) is 2.42. The highest BCUT2D eigenvalue weighted by molar-refractivity contribution is 8.13. The van der Waals surface area contributed by atoms with E-state index < -0.39 is 6.48 Å². The second-order valence-electron chi connectivity index (χ2n) is 2.49. The molecule has 1 aliphatic rings. The summed E-state index contributed by atoms with van der Waals surface area (Å²) < 4.78 is 14.4. The molecule has 1 unspecified atom stereocenters. The number of carbonyl (C=O) groups is 1. The Bertz CT molecular complexity index is 250. The van der Waals surface area contributed by atoms with E-state index in [0.29, 0.717) is 17.3 Å². The lowest BCUT2D eigenvalue weighted by molar-refractivity contribution is -0.194. The number of carbonyl (C=O) groups excluding carboxylic acids is 1. The number of aliphatic hydroxyl groups excluding tert-OH is 1. The Balaban J connectivity index is 2.31. The van der Waals surface area contributed by atoms with Crippen LogP contribution in [0.2, 0.25) is 0 Å². The van der Waals surface area contributed by atoms with E-state index in [-0.39, 0.29) is 11.9 Å². The second kappa shape index (κ2) is 5.11. The predicted molar refractivity (Wildman–Crippen MR) is 50.4 cm³/mol. The van der Waals surface area contributed by atoms with Crippen molar-refractivity contribution in [2.24, 2.45) is 0 Å². The van der Waals surface area contributed by atoms with E-state index >= 15 is 0 Å². The number of rotatable bonds is 3. The molecular formula is C8H12O5S. The van der Waals surface area contributed by atoms with Crippen LogP contribution >= 0.6 is 11.8 Å². The number of ether oxygens (including phenoxy) is 3. The van der Waals surface area contributed by atoms with Crippen molar-refractivity contribution < 1.29 is 24.1 Å². The van der Waals surface area contributed by atoms with Gasteiger partial charge in [-0.3, -0.25) is 0 Å². The smallest absolute Gasteiger partial charge is 0.367 e. The molecule has 0 saturated carbocycles. The molecule has 1 aliphatic heterocycles. The van der Waals surface area contributed by atoms with Crippen molar-refractivity contribution in [1.82, 2.24) is 0 Å². The molecule has 0 aromatic carbocycles. The lowest BCUT2D eigenvalue weighted by Gasteiger charge is -2.04. The van der Waals surface area contributed by atoms with Crippen LogP contribution in [0.4, 0.5) is 4.79 Å². The Kier molecular flexibility index (Phi) is 4.09. The molecule has 0 aliphatic carbocycles. The number of allylic oxidation sites excluding steroid dienone is 1. The molecule has 0 spiro atoms. The van der Waals surface area contributed by atoms with Crippen LogP contribution in [0.1, 0.15) is 13.8 Å². The normalized spacial score (nSPS) is 20.4. The van der Waals surface area contributed by atoms with Gasteiger partial charge in [-0.05, 0) is 18.7 Å². The van der Waals surface area contributed by atoms with Crippen molar-refractivity contribution in [2.75, 3.05) is 12.4 Å². The van der Waals surface area contributed by atoms with Gasteiger partial charge in [0.25, 0.3) is 0 Å². The maximum absolute atomic E-state index is 10.9. The zero-order chi connectivity index (χ0) is 10.6. The van der Waals surface area contributed by atoms with Gasteiger partial charge in [-0.1, -0.05) is 6.92 Å². The van der Waals surface area contributed by atoms with Crippen molar-refractivity contribution in [3.8, 4) is 0 Å². The van der Waals surface area contributed by atoms with Gasteiger partial charge in [-0.15, -0.1) is 0 Å². The highest BCUT2D eigenvalue weighted by atomic mass is 32.2. The Morgan fingerprint density at radius 3 is 2.86 bits per heavy atom. The monoisotopic (exact) mass is 220 g/mol. The lowest BCUT2D eigenvalue weighted by atomic mass is 10.4. The van der Waals surface area contributed by atoms with E-state index in [4.69, 9.17) is 19.3 Å². The highest BCUT2D eigenvalue weighted by Crippen LogP contribution is 2.20. The molecule has 0 saturated heterocycles. The second-order valence-corrected chi connectivity index (χ2v) is 3.69. The summed E-state index contributed by atoms with van der Waals surface area (Å²) in [4.78, 5) is 10.9. The molecule has 6 heteroatoms. The molecule has 0 amide bonds. The minimum atomic E-state index is -1.28. The van der Waals surface area contributed by atoms with Gasteiger partial charge < -0.3 is 19.3 Å². The average molecular weight is 220 g/mol. The fraction of sp³-hybridized carbons (Fsp3) is 0.625. The largest absolute Gasteiger partial charge is 0.449 e. The molecule has 0 aromatic rings. The first kappa shape index (κ1) is 11.2. The van der Waals surface area contributed by atoms with Gasteiger partial charge in [0.1, 0.15) is 5.76 Å². The molecule has 0 bridgehead atoms. The molecule has 0 radical (unpaired) electrons. The number of hydrogen-bond acceptors (Lipinski definition) is 6. The molecule has 0 fully saturated rings. The van der Waals surface area contributed by atoms with Crippen LogP contribution < -0.4 is 0 Å². The minimum Gasteiger partial charge on any atom is -0.449 e. The third kappa shape index (κ3) is 3.12. The Hall–Kier alpha value is -0.880. The maximum Gasteiger partial charge on any atom is 0.367 e. The zero-order valence-electron chi connectivity index (χ0n) is 7.98. The van der Waals surface area contributed by atoms with Crippen LogP contribution in [0, 0.1) is 0 Å². The summed E-state index contributed by atoms with van der Waals surface area (Å²) in [5, 5.41) is 8.54. The van der Waals surface area contributed by atoms with Crippen LogP contribution in [0.3, 0.4) is 0 Å². The topological polar surface area (TPSA) is 65.0 Å². The van der Waals surface area contributed by atoms with Crippen LogP contribution in [0.15, 0.2) is 11.5 Å². The summed E-state index contributed by atoms with van der Waals surface area (Å²) in [6.07, 6.45) is 0. The van der Waals surface area contributed by atoms with Crippen LogP contribution in [-0.2, 0) is 14.2 Å². The van der Waals surface area contributed by atoms with E-state index in [0.717, 1.165) is 11.8 Å². The maximum atomic E-state index is 10.9. The van der Waals surface area contributed by atoms with Gasteiger partial charge in [0.05, 0.1) is 0 Å². The molecular weight excluding hydrogens is 208 g/mol. The van der Waals surface area contributed by atoms with Crippen molar-refractivity contribution >= 4 is 17.1 Å². The van der Waals surface area contributed by atoms with E-state index in [1.807, 2.05) is 6.92 Å². The van der Waals surface area contributed by atoms with E-state index in [1.54, 1.807) is 6.92 Å². The Labute approximate surface area is 86.0 Å². The van der Waals surface area contributed by atoms with Crippen LogP contribution in [0.25, 0.3) is 0 Å². The van der Waals surface area contributed by atoms with E-state index in [9.17, 15) is 4.79 Å². The summed E-state index contributed by atoms with van der Waals surface area (Å²) in [5.74, 6) is 1.45. The summed E-state index contributed by atoms with van der Waals surface area (Å²) in [6.45, 7) is 2.21. The molecule has 1 rings (SSSR count). The number of hydrogen-bond donors (Lipinski definition) is 1. The highest BCUT2D eigenvalue weighted by Gasteiger charge is 2.22. The first-order chi connectivity index (χ1) is 6.63. The summed E-state index contributed by atoms with van der Waals surface area (Å²) >= 11 is 1.07. The standard InChI is InChI=1S/C8H12O5S/c1-3-14-8(10)11-4-6-5(2)12-7(9)13-6/h7,9H,3-4H2,1-2H3. The summed E-state index contributed by atoms with van der Waals surface area (Å²) in [5.41, 5.74) is 0. The van der Waals surface area contributed by atoms with Gasteiger partial charge in [0.15, 0.2) is 12.4 Å². The van der Waals surface area contributed by atoms with Gasteiger partial charge in [-0.25, -0.2) is 4.79 Å². The third-order valence-electron chi connectivity index (χ3n) is 1.50. The van der Waals surface area contributed by atoms with E-state index in [2.05, 4.69) is 0 Å². The summed E-state index contributed by atoms with van der Waals surface area (Å²) in [7, 11) is 0. The molecule has 5 nitrogen and oxygen atoms in total. The molecule has 14 heavy (non-hydrogen) atoms. The Morgan fingerprint density at radius 2 is 2.36 bits per heavy atom. The first-order valence-electron chi connectivity index (χ1n) is 4.14. The van der Waals surface area contributed by atoms with Crippen molar-refractivity contribution in [1.29, 1.82) is 0 Å². The van der Waals surface area contributed by atoms with Crippen LogP contribution in [0.5, 0.6) is 0 Å². The van der Waals surface area contributed by atoms with Crippen molar-refractivity contribution in [3.63, 3.8) is 0 Å². The van der Waals surface area contributed by atoms with Crippen LogP contribution in [-0.4, -0.2) is 29.2 Å². The molecule has 1 N–H and O–H groups in total. The third-order valence-corrected chi connectivity index (χ3v) is 2.14. The SMILES string of the molecule is CCSC(=O)OCC1=C(C)OC(O)O1. The Morgan fingerprint density at radius 1 is 1.64 bits per heavy atom. The van der Waals surface area contributed by atoms with Crippen molar-refractivity contribution in [3.05, 3.63) is 11.5 Å². The number of aliphatic hydroxyl groups is 1. The van der Waals surface area contributed by atoms with Crippen molar-refractivity contribution in [2.45, 2.75) is 20.3 Å². The molecule has 0 aromatic heterocycles. The fourth-order valence-electron chi connectivity index (χ4n) is 0.865. The molecule has 1 atom stereocenters. The summed E-state index contributed by atoms with van der Waals surface area (Å²) in [6, 6.07) is 0. The quantitative estimate of drug-likeness (QED) is 0.726. The van der Waals surface area contributed by atoms with Gasteiger partial charge in [-0.2, -0.15) is 0 Å². The predicted octanol–water partition coefficient (Wildman–Crippen LogP) is 1.43. The lowest BCUT2D eigenvalue weighted by Crippen LogP contribution is -2.08. The zero-order valence-corrected chi connectivity index (χ0v) is 8.80. The first-order valence-corrected chi connectivity index (χ1v) is 5.12. The minimum absolute atomic E-state index is 0.00523. The number of thioether (sulfide) groups is 1. The van der Waals surface area contributed by atoms with Gasteiger partial charge in [0.2, 0.25) is 0 Å².